The van der Waals surface area contributed by atoms with Crippen LogP contribution in [0.5, 0.6) is 0 Å². The Labute approximate surface area is 157 Å². The second-order valence-corrected chi connectivity index (χ2v) is 7.18. The quantitative estimate of drug-likeness (QED) is 0.689. The van der Waals surface area contributed by atoms with Crippen LogP contribution in [0.4, 0.5) is 16.2 Å². The first-order valence-electron chi connectivity index (χ1n) is 7.44. The maximum absolute atomic E-state index is 12.3. The van der Waals surface area contributed by atoms with Crippen molar-refractivity contribution in [3.05, 3.63) is 40.1 Å². The Hall–Kier alpha value is -2.92. The number of aryl methyl sites for hydroxylation is 1. The van der Waals surface area contributed by atoms with Gasteiger partial charge in [-0.2, -0.15) is 0 Å². The van der Waals surface area contributed by atoms with E-state index in [0.29, 0.717) is 26.8 Å². The van der Waals surface area contributed by atoms with Gasteiger partial charge in [-0.05, 0) is 13.0 Å². The molecule has 3 rings (SSSR count). The van der Waals surface area contributed by atoms with E-state index in [2.05, 4.69) is 30.6 Å². The molecule has 0 bridgehead atoms. The number of rotatable bonds is 5. The van der Waals surface area contributed by atoms with Crippen molar-refractivity contribution in [3.63, 3.8) is 0 Å². The van der Waals surface area contributed by atoms with Crippen molar-refractivity contribution in [1.29, 1.82) is 0 Å². The van der Waals surface area contributed by atoms with Gasteiger partial charge in [-0.1, -0.05) is 11.3 Å². The standard InChI is InChI=1S/C15H15N7O2S2/c1-8-10(12(24)22(2)3)26-15(18-8)20-11(23)9-7-25-14(19-9)21-13-16-5-4-6-17-13/h4-7H,1-3H3,(H,18,20,23)(H,16,17,19,21). The molecule has 134 valence electrons. The Kier molecular flexibility index (Phi) is 5.19. The number of thiazole rings is 2. The molecule has 0 aliphatic carbocycles. The van der Waals surface area contributed by atoms with Gasteiger partial charge in [0.15, 0.2) is 10.3 Å². The van der Waals surface area contributed by atoms with Crippen molar-refractivity contribution < 1.29 is 9.59 Å². The number of carbonyl (C=O) groups is 2. The van der Waals surface area contributed by atoms with Crippen LogP contribution in [-0.4, -0.2) is 50.7 Å². The first-order chi connectivity index (χ1) is 12.4. The Balaban J connectivity index is 1.69. The molecule has 3 aromatic rings. The van der Waals surface area contributed by atoms with Gasteiger partial charge in [0.1, 0.15) is 10.6 Å². The van der Waals surface area contributed by atoms with Crippen LogP contribution >= 0.6 is 22.7 Å². The Morgan fingerprint density at radius 3 is 2.54 bits per heavy atom. The summed E-state index contributed by atoms with van der Waals surface area (Å²) < 4.78 is 0. The molecule has 0 fully saturated rings. The second kappa shape index (κ2) is 7.54. The van der Waals surface area contributed by atoms with Gasteiger partial charge in [0.2, 0.25) is 5.95 Å². The number of hydrogen-bond acceptors (Lipinski definition) is 9. The lowest BCUT2D eigenvalue weighted by Crippen LogP contribution is -2.21. The number of hydrogen-bond donors (Lipinski definition) is 2. The summed E-state index contributed by atoms with van der Waals surface area (Å²) in [4.78, 5) is 42.9. The fourth-order valence-electron chi connectivity index (χ4n) is 1.91. The van der Waals surface area contributed by atoms with E-state index in [1.165, 1.54) is 16.2 Å². The van der Waals surface area contributed by atoms with E-state index in [4.69, 9.17) is 0 Å². The number of amides is 2. The molecule has 2 N–H and O–H groups in total. The highest BCUT2D eigenvalue weighted by Crippen LogP contribution is 2.25. The molecule has 0 saturated heterocycles. The normalized spacial score (nSPS) is 10.4. The van der Waals surface area contributed by atoms with Crippen molar-refractivity contribution in [2.45, 2.75) is 6.92 Å². The third-order valence-electron chi connectivity index (χ3n) is 3.14. The number of nitrogens with one attached hydrogen (secondary N) is 2. The first-order valence-corrected chi connectivity index (χ1v) is 9.13. The molecule has 0 saturated carbocycles. The van der Waals surface area contributed by atoms with Gasteiger partial charge in [0.25, 0.3) is 11.8 Å². The Bertz CT molecular complexity index is 937. The molecule has 11 heteroatoms. The average Bonchev–Trinajstić information content (AvgIpc) is 3.21. The molecule has 0 aliphatic rings. The van der Waals surface area contributed by atoms with Crippen LogP contribution in [0.3, 0.4) is 0 Å². The van der Waals surface area contributed by atoms with Crippen molar-refractivity contribution in [1.82, 2.24) is 24.8 Å². The van der Waals surface area contributed by atoms with E-state index >= 15 is 0 Å². The summed E-state index contributed by atoms with van der Waals surface area (Å²) in [5.41, 5.74) is 0.813. The molecular weight excluding hydrogens is 374 g/mol. The summed E-state index contributed by atoms with van der Waals surface area (Å²) in [6.07, 6.45) is 3.21. The topological polar surface area (TPSA) is 113 Å². The summed E-state index contributed by atoms with van der Waals surface area (Å²) in [5.74, 6) is -0.152. The zero-order valence-electron chi connectivity index (χ0n) is 14.2. The van der Waals surface area contributed by atoms with Crippen LogP contribution in [0.2, 0.25) is 0 Å². The van der Waals surface area contributed by atoms with Crippen LogP contribution in [0.1, 0.15) is 25.9 Å². The summed E-state index contributed by atoms with van der Waals surface area (Å²) >= 11 is 2.39. The molecule has 0 unspecified atom stereocenters. The first kappa shape index (κ1) is 17.9. The summed E-state index contributed by atoms with van der Waals surface area (Å²) in [6, 6.07) is 1.71. The molecule has 0 aliphatic heterocycles. The predicted molar refractivity (Wildman–Crippen MR) is 100 cm³/mol. The fourth-order valence-corrected chi connectivity index (χ4v) is 3.57. The molecule has 0 aromatic carbocycles. The SMILES string of the molecule is Cc1nc(NC(=O)c2csc(Nc3ncccn3)n2)sc1C(=O)N(C)C. The molecule has 0 atom stereocenters. The monoisotopic (exact) mass is 389 g/mol. The lowest BCUT2D eigenvalue weighted by atomic mass is 10.3. The minimum atomic E-state index is -0.402. The fraction of sp³-hybridized carbons (Fsp3) is 0.200. The van der Waals surface area contributed by atoms with E-state index < -0.39 is 5.91 Å². The van der Waals surface area contributed by atoms with Crippen LogP contribution in [0.15, 0.2) is 23.8 Å². The number of carbonyl (C=O) groups excluding carboxylic acids is 2. The predicted octanol–water partition coefficient (Wildman–Crippen LogP) is 2.40. The molecule has 3 heterocycles. The highest BCUT2D eigenvalue weighted by molar-refractivity contribution is 7.17. The van der Waals surface area contributed by atoms with Crippen LogP contribution in [0, 0.1) is 6.92 Å². The Morgan fingerprint density at radius 2 is 1.85 bits per heavy atom. The highest BCUT2D eigenvalue weighted by Gasteiger charge is 2.19. The molecule has 3 aromatic heterocycles. The van der Waals surface area contributed by atoms with E-state index in [9.17, 15) is 9.59 Å². The second-order valence-electron chi connectivity index (χ2n) is 5.32. The van der Waals surface area contributed by atoms with Gasteiger partial charge in [-0.3, -0.25) is 14.9 Å². The minimum absolute atomic E-state index is 0.150. The van der Waals surface area contributed by atoms with Crippen molar-refractivity contribution in [3.8, 4) is 0 Å². The van der Waals surface area contributed by atoms with Gasteiger partial charge in [-0.25, -0.2) is 19.9 Å². The largest absolute Gasteiger partial charge is 0.344 e. The summed E-state index contributed by atoms with van der Waals surface area (Å²) in [6.45, 7) is 1.73. The number of aromatic nitrogens is 4. The zero-order valence-corrected chi connectivity index (χ0v) is 15.8. The maximum atomic E-state index is 12.3. The van der Waals surface area contributed by atoms with E-state index in [1.54, 1.807) is 44.9 Å². The van der Waals surface area contributed by atoms with E-state index in [-0.39, 0.29) is 11.6 Å². The van der Waals surface area contributed by atoms with E-state index in [1.807, 2.05) is 0 Å². The molecule has 0 radical (unpaired) electrons. The number of anilines is 3. The molecular formula is C15H15N7O2S2. The Morgan fingerprint density at radius 1 is 1.12 bits per heavy atom. The van der Waals surface area contributed by atoms with Crippen molar-refractivity contribution in [2.75, 3.05) is 24.7 Å². The van der Waals surface area contributed by atoms with E-state index in [0.717, 1.165) is 11.3 Å². The summed E-state index contributed by atoms with van der Waals surface area (Å²) in [7, 11) is 3.33. The van der Waals surface area contributed by atoms with Crippen LogP contribution < -0.4 is 10.6 Å². The molecule has 9 nitrogen and oxygen atoms in total. The van der Waals surface area contributed by atoms with Gasteiger partial charge >= 0.3 is 0 Å². The van der Waals surface area contributed by atoms with Gasteiger partial charge in [0.05, 0.1) is 5.69 Å². The van der Waals surface area contributed by atoms with Gasteiger partial charge in [-0.15, -0.1) is 11.3 Å². The summed E-state index contributed by atoms with van der Waals surface area (Å²) in [5, 5.41) is 8.07. The third-order valence-corrected chi connectivity index (χ3v) is 4.96. The third kappa shape index (κ3) is 4.00. The van der Waals surface area contributed by atoms with Crippen molar-refractivity contribution in [2.24, 2.45) is 0 Å². The van der Waals surface area contributed by atoms with Gasteiger partial charge < -0.3 is 10.2 Å². The number of nitrogens with zero attached hydrogens (tertiary/aromatic N) is 5. The van der Waals surface area contributed by atoms with Crippen molar-refractivity contribution >= 4 is 50.7 Å². The molecule has 26 heavy (non-hydrogen) atoms. The maximum Gasteiger partial charge on any atom is 0.276 e. The zero-order chi connectivity index (χ0) is 18.7. The molecule has 0 spiro atoms. The average molecular weight is 389 g/mol. The van der Waals surface area contributed by atoms with Crippen LogP contribution in [0.25, 0.3) is 0 Å². The minimum Gasteiger partial charge on any atom is -0.344 e. The smallest absolute Gasteiger partial charge is 0.276 e. The highest BCUT2D eigenvalue weighted by atomic mass is 32.1. The van der Waals surface area contributed by atoms with Gasteiger partial charge in [0, 0.05) is 31.9 Å². The lowest BCUT2D eigenvalue weighted by molar-refractivity contribution is 0.0831. The lowest BCUT2D eigenvalue weighted by Gasteiger charge is -2.07. The van der Waals surface area contributed by atoms with Crippen LogP contribution in [-0.2, 0) is 0 Å². The molecule has 2 amide bonds.